The summed E-state index contributed by atoms with van der Waals surface area (Å²) in [6.07, 6.45) is 2.48. The van der Waals surface area contributed by atoms with Crippen LogP contribution in [0.25, 0.3) is 0 Å². The van der Waals surface area contributed by atoms with Crippen LogP contribution in [-0.4, -0.2) is 10.9 Å². The van der Waals surface area contributed by atoms with E-state index in [9.17, 15) is 9.59 Å². The largest absolute Gasteiger partial charge is 0.348 e. The van der Waals surface area contributed by atoms with Gasteiger partial charge in [-0.15, -0.1) is 0 Å². The molecule has 14 heavy (non-hydrogen) atoms. The average molecular weight is 194 g/mol. The van der Waals surface area contributed by atoms with E-state index in [0.29, 0.717) is 24.2 Å². The van der Waals surface area contributed by atoms with Crippen molar-refractivity contribution in [2.75, 3.05) is 5.32 Å². The van der Waals surface area contributed by atoms with E-state index in [1.54, 1.807) is 0 Å². The van der Waals surface area contributed by atoms with Crippen molar-refractivity contribution in [3.63, 3.8) is 0 Å². The zero-order valence-electron chi connectivity index (χ0n) is 8.39. The monoisotopic (exact) mass is 194 g/mol. The Labute approximate surface area is 82.3 Å². The predicted octanol–water partition coefficient (Wildman–Crippen LogP) is 1.29. The van der Waals surface area contributed by atoms with Gasteiger partial charge in [0.1, 0.15) is 5.82 Å². The van der Waals surface area contributed by atoms with Crippen LogP contribution in [0.3, 0.4) is 0 Å². The minimum atomic E-state index is -0.0376. The lowest BCUT2D eigenvalue weighted by atomic mass is 10.1. The molecule has 0 bridgehead atoms. The van der Waals surface area contributed by atoms with Crippen LogP contribution in [0.5, 0.6) is 0 Å². The average Bonchev–Trinajstić information content (AvgIpc) is 2.21. The second kappa shape index (κ2) is 4.60. The lowest BCUT2D eigenvalue weighted by Gasteiger charge is -2.14. The number of rotatable bonds is 0. The number of hydrogen-bond donors (Lipinski definition) is 2. The van der Waals surface area contributed by atoms with E-state index in [-0.39, 0.29) is 11.3 Å². The maximum atomic E-state index is 11.2. The summed E-state index contributed by atoms with van der Waals surface area (Å²) in [5, 5.41) is 2.61. The normalized spacial score (nSPS) is 13.4. The number of pyridine rings is 1. The van der Waals surface area contributed by atoms with Gasteiger partial charge in [0, 0.05) is 24.2 Å². The molecule has 4 nitrogen and oxygen atoms in total. The molecule has 0 radical (unpaired) electrons. The third-order valence-corrected chi connectivity index (χ3v) is 1.93. The molecule has 2 N–H and O–H groups in total. The van der Waals surface area contributed by atoms with Crippen LogP contribution in [0, 0.1) is 0 Å². The molecule has 1 aromatic heterocycles. The molecular weight excluding hydrogens is 180 g/mol. The van der Waals surface area contributed by atoms with Crippen LogP contribution in [-0.2, 0) is 11.2 Å². The fourth-order valence-corrected chi connectivity index (χ4v) is 1.31. The van der Waals surface area contributed by atoms with E-state index in [2.05, 4.69) is 10.3 Å². The van der Waals surface area contributed by atoms with Gasteiger partial charge >= 0.3 is 0 Å². The summed E-state index contributed by atoms with van der Waals surface area (Å²) >= 11 is 0. The van der Waals surface area contributed by atoms with Gasteiger partial charge in [0.05, 0.1) is 0 Å². The van der Waals surface area contributed by atoms with Crippen LogP contribution in [0.4, 0.5) is 5.82 Å². The molecule has 0 unspecified atom stereocenters. The molecule has 2 heterocycles. The van der Waals surface area contributed by atoms with Gasteiger partial charge in [0.15, 0.2) is 5.43 Å². The topological polar surface area (TPSA) is 62.0 Å². The van der Waals surface area contributed by atoms with Crippen molar-refractivity contribution >= 4 is 11.7 Å². The van der Waals surface area contributed by atoms with E-state index < -0.39 is 0 Å². The summed E-state index contributed by atoms with van der Waals surface area (Å²) in [6, 6.07) is 1.47. The summed E-state index contributed by atoms with van der Waals surface area (Å²) in [5.41, 5.74) is 0.667. The second-order valence-corrected chi connectivity index (χ2v) is 2.74. The summed E-state index contributed by atoms with van der Waals surface area (Å²) in [7, 11) is 0. The Morgan fingerprint density at radius 2 is 1.93 bits per heavy atom. The van der Waals surface area contributed by atoms with Crippen LogP contribution < -0.4 is 10.7 Å². The van der Waals surface area contributed by atoms with Crippen molar-refractivity contribution in [2.24, 2.45) is 0 Å². The molecule has 0 saturated heterocycles. The quantitative estimate of drug-likeness (QED) is 0.653. The molecule has 0 saturated carbocycles. The first-order valence-electron chi connectivity index (χ1n) is 4.78. The second-order valence-electron chi connectivity index (χ2n) is 2.74. The summed E-state index contributed by atoms with van der Waals surface area (Å²) in [6.45, 7) is 4.00. The van der Waals surface area contributed by atoms with Crippen molar-refractivity contribution in [3.8, 4) is 0 Å². The maximum absolute atomic E-state index is 11.2. The van der Waals surface area contributed by atoms with E-state index >= 15 is 0 Å². The predicted molar refractivity (Wildman–Crippen MR) is 55.4 cm³/mol. The lowest BCUT2D eigenvalue weighted by molar-refractivity contribution is -0.116. The molecule has 0 atom stereocenters. The van der Waals surface area contributed by atoms with Gasteiger partial charge in [0.25, 0.3) is 0 Å². The lowest BCUT2D eigenvalue weighted by Crippen LogP contribution is -2.24. The van der Waals surface area contributed by atoms with Crippen molar-refractivity contribution in [2.45, 2.75) is 26.7 Å². The highest BCUT2D eigenvalue weighted by molar-refractivity contribution is 5.92. The minimum absolute atomic E-state index is 0.0104. The molecule has 76 valence electrons. The summed E-state index contributed by atoms with van der Waals surface area (Å²) in [5.74, 6) is 0.517. The van der Waals surface area contributed by atoms with Crippen LogP contribution >= 0.6 is 0 Å². The first kappa shape index (κ1) is 10.5. The van der Waals surface area contributed by atoms with Crippen molar-refractivity contribution in [1.29, 1.82) is 0 Å². The number of H-pyrrole nitrogens is 1. The Morgan fingerprint density at radius 1 is 1.21 bits per heavy atom. The smallest absolute Gasteiger partial charge is 0.225 e. The number of nitrogens with one attached hydrogen (secondary N) is 2. The number of hydrogen-bond acceptors (Lipinski definition) is 2. The van der Waals surface area contributed by atoms with Crippen LogP contribution in [0.1, 0.15) is 25.8 Å². The number of fused-ring (bicyclic) bond motifs is 1. The Morgan fingerprint density at radius 3 is 2.64 bits per heavy atom. The van der Waals surface area contributed by atoms with Crippen LogP contribution in [0.2, 0.25) is 0 Å². The minimum Gasteiger partial charge on any atom is -0.348 e. The Kier molecular flexibility index (Phi) is 3.45. The highest BCUT2D eigenvalue weighted by Gasteiger charge is 2.16. The molecule has 0 spiro atoms. The van der Waals surface area contributed by atoms with Gasteiger partial charge in [-0.25, -0.2) is 0 Å². The number of amides is 1. The molecule has 2 rings (SSSR count). The molecule has 4 heteroatoms. The number of carbonyl (C=O) groups is 1. The van der Waals surface area contributed by atoms with Gasteiger partial charge in [-0.2, -0.15) is 0 Å². The number of carbonyl (C=O) groups excluding carboxylic acids is 1. The third-order valence-electron chi connectivity index (χ3n) is 1.93. The Hall–Kier alpha value is -1.58. The molecule has 1 amide bonds. The maximum Gasteiger partial charge on any atom is 0.225 e. The first-order chi connectivity index (χ1) is 6.77. The SMILES string of the molecule is CC.O=C1CCc2c([nH]ccc2=O)N1. The summed E-state index contributed by atoms with van der Waals surface area (Å²) in [4.78, 5) is 24.9. The summed E-state index contributed by atoms with van der Waals surface area (Å²) < 4.78 is 0. The first-order valence-corrected chi connectivity index (χ1v) is 4.78. The zero-order valence-corrected chi connectivity index (χ0v) is 8.39. The molecule has 0 aliphatic carbocycles. The fourth-order valence-electron chi connectivity index (χ4n) is 1.31. The van der Waals surface area contributed by atoms with Gasteiger partial charge in [-0.1, -0.05) is 13.8 Å². The Bertz CT molecular complexity index is 382. The molecule has 1 aliphatic heterocycles. The van der Waals surface area contributed by atoms with Gasteiger partial charge in [0.2, 0.25) is 5.91 Å². The van der Waals surface area contributed by atoms with Gasteiger partial charge < -0.3 is 10.3 Å². The number of aromatic nitrogens is 1. The van der Waals surface area contributed by atoms with Gasteiger partial charge in [-0.05, 0) is 6.42 Å². The molecular formula is C10H14N2O2. The molecule has 1 aliphatic rings. The molecule has 1 aromatic rings. The van der Waals surface area contributed by atoms with E-state index in [4.69, 9.17) is 0 Å². The van der Waals surface area contributed by atoms with Crippen molar-refractivity contribution in [1.82, 2.24) is 4.98 Å². The highest BCUT2D eigenvalue weighted by Crippen LogP contribution is 2.14. The standard InChI is InChI=1S/C8H8N2O2.C2H6/c11-6-3-4-9-8-5(6)1-2-7(12)10-8;1-2/h3-4H,1-2H2,(H2,9,10,11,12);1-2H3. The van der Waals surface area contributed by atoms with Crippen molar-refractivity contribution in [3.05, 3.63) is 28.0 Å². The van der Waals surface area contributed by atoms with E-state index in [1.165, 1.54) is 12.3 Å². The number of anilines is 1. The van der Waals surface area contributed by atoms with Gasteiger partial charge in [-0.3, -0.25) is 9.59 Å². The zero-order chi connectivity index (χ0) is 10.6. The molecule has 0 aromatic carbocycles. The highest BCUT2D eigenvalue weighted by atomic mass is 16.1. The van der Waals surface area contributed by atoms with E-state index in [0.717, 1.165) is 0 Å². The molecule has 0 fully saturated rings. The fraction of sp³-hybridized carbons (Fsp3) is 0.400. The Balaban J connectivity index is 0.000000461. The van der Waals surface area contributed by atoms with Crippen LogP contribution in [0.15, 0.2) is 17.1 Å². The van der Waals surface area contributed by atoms with E-state index in [1.807, 2.05) is 13.8 Å². The van der Waals surface area contributed by atoms with Crippen molar-refractivity contribution < 1.29 is 4.79 Å². The number of aromatic amines is 1. The third kappa shape index (κ3) is 2.02.